The van der Waals surface area contributed by atoms with Crippen molar-refractivity contribution in [3.05, 3.63) is 173 Å². The molecule has 0 unspecified atom stereocenters. The summed E-state index contributed by atoms with van der Waals surface area (Å²) < 4.78 is 5.77. The molecule has 0 saturated carbocycles. The third-order valence-electron chi connectivity index (χ3n) is 8.53. The van der Waals surface area contributed by atoms with Gasteiger partial charge in [-0.1, -0.05) is 140 Å². The van der Waals surface area contributed by atoms with E-state index in [1.807, 2.05) is 85.8 Å². The van der Waals surface area contributed by atoms with Crippen LogP contribution in [0, 0.1) is 0 Å². The smallest absolute Gasteiger partial charge is 0.407 e. The lowest BCUT2D eigenvalue weighted by atomic mass is 9.77. The van der Waals surface area contributed by atoms with Crippen LogP contribution in [0.25, 0.3) is 11.1 Å². The summed E-state index contributed by atoms with van der Waals surface area (Å²) in [7, 11) is 0. The summed E-state index contributed by atoms with van der Waals surface area (Å²) in [6.45, 7) is 2.18. The molecule has 1 heterocycles. The molecule has 0 bridgehead atoms. The van der Waals surface area contributed by atoms with Crippen LogP contribution < -0.4 is 5.32 Å². The first-order valence-electron chi connectivity index (χ1n) is 15.2. The topological polar surface area (TPSA) is 81.9 Å². The summed E-state index contributed by atoms with van der Waals surface area (Å²) >= 11 is 0. The number of nitrogens with one attached hydrogen (secondary N) is 1. The first kappa shape index (κ1) is 28.2. The van der Waals surface area contributed by atoms with Gasteiger partial charge in [-0.15, -0.1) is 15.0 Å². The first-order chi connectivity index (χ1) is 22.1. The van der Waals surface area contributed by atoms with E-state index in [1.54, 1.807) is 4.80 Å². The molecular formula is C38H33N5O2. The van der Waals surface area contributed by atoms with Gasteiger partial charge in [-0.2, -0.15) is 0 Å². The first-order valence-corrected chi connectivity index (χ1v) is 15.2. The lowest BCUT2D eigenvalue weighted by Gasteiger charge is -2.34. The molecular weight excluding hydrogens is 558 g/mol. The Morgan fingerprint density at radius 2 is 1.20 bits per heavy atom. The quantitative estimate of drug-likeness (QED) is 0.184. The van der Waals surface area contributed by atoms with Crippen molar-refractivity contribution in [3.63, 3.8) is 0 Å². The number of rotatable bonds is 9. The summed E-state index contributed by atoms with van der Waals surface area (Å²) in [6.07, 6.45) is -0.0810. The van der Waals surface area contributed by atoms with Gasteiger partial charge in [-0.05, 0) is 51.1 Å². The van der Waals surface area contributed by atoms with Gasteiger partial charge in [-0.25, -0.2) is 4.79 Å². The number of alkyl carbamates (subject to hydrolysis) is 1. The molecule has 0 radical (unpaired) electrons. The fraction of sp³-hybridized carbons (Fsp3) is 0.158. The van der Waals surface area contributed by atoms with Crippen molar-refractivity contribution in [2.75, 3.05) is 6.61 Å². The highest BCUT2D eigenvalue weighted by atomic mass is 16.5. The molecule has 0 spiro atoms. The predicted octanol–water partition coefficient (Wildman–Crippen LogP) is 6.98. The molecule has 1 aromatic heterocycles. The molecule has 7 heteroatoms. The second-order valence-electron chi connectivity index (χ2n) is 11.4. The van der Waals surface area contributed by atoms with Gasteiger partial charge >= 0.3 is 6.09 Å². The minimum Gasteiger partial charge on any atom is -0.449 e. The molecule has 0 aliphatic heterocycles. The van der Waals surface area contributed by atoms with Crippen LogP contribution in [0.3, 0.4) is 0 Å². The monoisotopic (exact) mass is 591 g/mol. The van der Waals surface area contributed by atoms with Gasteiger partial charge in [-0.3, -0.25) is 0 Å². The highest BCUT2D eigenvalue weighted by Gasteiger charge is 2.41. The van der Waals surface area contributed by atoms with E-state index in [4.69, 9.17) is 9.84 Å². The van der Waals surface area contributed by atoms with E-state index in [1.165, 1.54) is 22.3 Å². The molecule has 1 atom stereocenters. The molecule has 1 amide bonds. The molecule has 6 aromatic rings. The largest absolute Gasteiger partial charge is 0.449 e. The fourth-order valence-electron chi connectivity index (χ4n) is 6.52. The standard InChI is InChI=1S/C38H33N5O2/c1-27(39-37(44)45-26-35-33-23-13-11-21-31(33)32-22-12-14-24-34(32)35)25-36-40-42-43(41-36)38(28-15-5-2-6-16-28,29-17-7-3-8-18-29)30-19-9-4-10-20-30/h2-24,27,35H,25-26H2,1H3,(H,39,44)/t27-/m0/s1. The second kappa shape index (κ2) is 12.2. The zero-order valence-corrected chi connectivity index (χ0v) is 25.0. The predicted molar refractivity (Wildman–Crippen MR) is 174 cm³/mol. The van der Waals surface area contributed by atoms with Crippen LogP contribution in [-0.2, 0) is 16.7 Å². The maximum Gasteiger partial charge on any atom is 0.407 e. The van der Waals surface area contributed by atoms with E-state index >= 15 is 0 Å². The maximum absolute atomic E-state index is 12.9. The van der Waals surface area contributed by atoms with Crippen molar-refractivity contribution < 1.29 is 9.53 Å². The lowest BCUT2D eigenvalue weighted by Crippen LogP contribution is -2.40. The van der Waals surface area contributed by atoms with Gasteiger partial charge in [0.25, 0.3) is 0 Å². The second-order valence-corrected chi connectivity index (χ2v) is 11.4. The number of amides is 1. The van der Waals surface area contributed by atoms with E-state index in [0.717, 1.165) is 16.7 Å². The number of tetrazole rings is 1. The van der Waals surface area contributed by atoms with Crippen LogP contribution >= 0.6 is 0 Å². The van der Waals surface area contributed by atoms with E-state index < -0.39 is 11.6 Å². The number of aromatic nitrogens is 4. The normalized spacial score (nSPS) is 13.1. The van der Waals surface area contributed by atoms with Crippen molar-refractivity contribution >= 4 is 6.09 Å². The highest BCUT2D eigenvalue weighted by Crippen LogP contribution is 2.44. The number of nitrogens with zero attached hydrogens (tertiary/aromatic N) is 4. The van der Waals surface area contributed by atoms with Crippen molar-refractivity contribution in [1.82, 2.24) is 25.5 Å². The molecule has 7 rings (SSSR count). The summed E-state index contributed by atoms with van der Waals surface area (Å²) in [5, 5.41) is 17.0. The zero-order valence-electron chi connectivity index (χ0n) is 25.0. The zero-order chi connectivity index (χ0) is 30.6. The number of ether oxygens (including phenoxy) is 1. The number of benzene rings is 5. The summed E-state index contributed by atoms with van der Waals surface area (Å²) in [5.74, 6) is 0.524. The van der Waals surface area contributed by atoms with Crippen LogP contribution in [0.2, 0.25) is 0 Å². The van der Waals surface area contributed by atoms with Crippen molar-refractivity contribution in [2.24, 2.45) is 0 Å². The Kier molecular flexibility index (Phi) is 7.66. The highest BCUT2D eigenvalue weighted by molar-refractivity contribution is 5.79. The Bertz CT molecular complexity index is 1770. The summed E-state index contributed by atoms with van der Waals surface area (Å²) in [6, 6.07) is 47.0. The van der Waals surface area contributed by atoms with Crippen LogP contribution in [0.1, 0.15) is 46.5 Å². The minimum absolute atomic E-state index is 0.00195. The number of carbonyl (C=O) groups excluding carboxylic acids is 1. The van der Waals surface area contributed by atoms with Gasteiger partial charge in [0.15, 0.2) is 11.4 Å². The van der Waals surface area contributed by atoms with Crippen LogP contribution in [0.5, 0.6) is 0 Å². The van der Waals surface area contributed by atoms with E-state index in [-0.39, 0.29) is 18.6 Å². The molecule has 0 fully saturated rings. The molecule has 45 heavy (non-hydrogen) atoms. The Balaban J connectivity index is 1.10. The molecule has 1 N–H and O–H groups in total. The molecule has 1 aliphatic rings. The average molecular weight is 592 g/mol. The van der Waals surface area contributed by atoms with Gasteiger partial charge in [0.2, 0.25) is 0 Å². The number of hydrogen-bond acceptors (Lipinski definition) is 5. The molecule has 7 nitrogen and oxygen atoms in total. The van der Waals surface area contributed by atoms with Gasteiger partial charge in [0, 0.05) is 18.4 Å². The summed E-state index contributed by atoms with van der Waals surface area (Å²) in [5.41, 5.74) is 6.93. The molecule has 0 saturated heterocycles. The van der Waals surface area contributed by atoms with Gasteiger partial charge < -0.3 is 10.1 Å². The SMILES string of the molecule is C[C@@H](Cc1nnn(C(c2ccccc2)(c2ccccc2)c2ccccc2)n1)NC(=O)OCC1c2ccccc2-c2ccccc21. The van der Waals surface area contributed by atoms with Crippen LogP contribution in [-0.4, -0.2) is 38.9 Å². The van der Waals surface area contributed by atoms with E-state index in [2.05, 4.69) is 76.3 Å². The number of hydrogen-bond donors (Lipinski definition) is 1. The van der Waals surface area contributed by atoms with Crippen molar-refractivity contribution in [2.45, 2.75) is 30.8 Å². The maximum atomic E-state index is 12.9. The minimum atomic E-state index is -0.849. The van der Waals surface area contributed by atoms with Crippen molar-refractivity contribution in [1.29, 1.82) is 0 Å². The van der Waals surface area contributed by atoms with Crippen LogP contribution in [0.4, 0.5) is 4.79 Å². The Hall–Kier alpha value is -5.56. The van der Waals surface area contributed by atoms with Gasteiger partial charge in [0.1, 0.15) is 6.61 Å². The average Bonchev–Trinajstić information content (AvgIpc) is 3.68. The third-order valence-corrected chi connectivity index (χ3v) is 8.53. The van der Waals surface area contributed by atoms with Crippen LogP contribution in [0.15, 0.2) is 140 Å². The summed E-state index contributed by atoms with van der Waals surface area (Å²) in [4.78, 5) is 14.6. The van der Waals surface area contributed by atoms with Crippen molar-refractivity contribution in [3.8, 4) is 11.1 Å². The Morgan fingerprint density at radius 1 is 0.733 bits per heavy atom. The molecule has 1 aliphatic carbocycles. The van der Waals surface area contributed by atoms with Gasteiger partial charge in [0.05, 0.1) is 0 Å². The number of carbonyl (C=O) groups is 1. The van der Waals surface area contributed by atoms with E-state index in [0.29, 0.717) is 12.2 Å². The lowest BCUT2D eigenvalue weighted by molar-refractivity contribution is 0.139. The molecule has 222 valence electrons. The number of fused-ring (bicyclic) bond motifs is 3. The Morgan fingerprint density at radius 3 is 1.71 bits per heavy atom. The third kappa shape index (κ3) is 5.27. The molecule has 5 aromatic carbocycles. The Labute approximate surface area is 262 Å². The van der Waals surface area contributed by atoms with E-state index in [9.17, 15) is 4.79 Å². The fourth-order valence-corrected chi connectivity index (χ4v) is 6.52.